The van der Waals surface area contributed by atoms with Crippen LogP contribution in [0.25, 0.3) is 10.2 Å². The summed E-state index contributed by atoms with van der Waals surface area (Å²) in [7, 11) is 0. The van der Waals surface area contributed by atoms with E-state index in [2.05, 4.69) is 4.90 Å². The molecule has 2 heterocycles. The zero-order chi connectivity index (χ0) is 19.7. The van der Waals surface area contributed by atoms with Gasteiger partial charge in [-0.3, -0.25) is 4.79 Å². The zero-order valence-corrected chi connectivity index (χ0v) is 16.9. The fourth-order valence-electron chi connectivity index (χ4n) is 3.25. The van der Waals surface area contributed by atoms with E-state index in [1.165, 1.54) is 18.2 Å². The van der Waals surface area contributed by atoms with Crippen LogP contribution >= 0.6 is 22.9 Å². The Hall–Kier alpha value is -2.38. The molecule has 2 aromatic carbocycles. The number of benzene rings is 2. The molecule has 3 aromatic rings. The molecule has 0 bridgehead atoms. The van der Waals surface area contributed by atoms with Crippen molar-refractivity contribution in [3.8, 4) is 5.75 Å². The van der Waals surface area contributed by atoms with Crippen molar-refractivity contribution >= 4 is 44.2 Å². The largest absolute Gasteiger partial charge is 0.494 e. The summed E-state index contributed by atoms with van der Waals surface area (Å²) in [4.78, 5) is 21.2. The van der Waals surface area contributed by atoms with Gasteiger partial charge in [-0.25, -0.2) is 9.37 Å². The number of hydrogen-bond acceptors (Lipinski definition) is 5. The Morgan fingerprint density at radius 1 is 1.25 bits per heavy atom. The lowest BCUT2D eigenvalue weighted by molar-refractivity contribution is 0.0742. The highest BCUT2D eigenvalue weighted by Gasteiger charge is 2.27. The number of nitrogens with zero attached hydrogens (tertiary/aromatic N) is 3. The minimum atomic E-state index is -0.587. The third-order valence-electron chi connectivity index (χ3n) is 4.67. The molecule has 28 heavy (non-hydrogen) atoms. The van der Waals surface area contributed by atoms with Crippen molar-refractivity contribution in [3.05, 3.63) is 52.8 Å². The number of piperazine rings is 1. The molecule has 0 spiro atoms. The molecule has 146 valence electrons. The van der Waals surface area contributed by atoms with Crippen molar-refractivity contribution in [2.24, 2.45) is 0 Å². The van der Waals surface area contributed by atoms with Gasteiger partial charge in [0, 0.05) is 26.2 Å². The molecule has 8 heteroatoms. The maximum absolute atomic E-state index is 14.0. The normalized spacial score (nSPS) is 14.5. The number of carbonyl (C=O) groups is 1. The minimum absolute atomic E-state index is 0.0546. The molecule has 4 rings (SSSR count). The monoisotopic (exact) mass is 419 g/mol. The number of aromatic nitrogens is 1. The quantitative estimate of drug-likeness (QED) is 0.626. The molecule has 0 saturated carbocycles. The number of ether oxygens (including phenoxy) is 1. The van der Waals surface area contributed by atoms with E-state index in [4.69, 9.17) is 21.3 Å². The molecule has 1 aliphatic heterocycles. The number of anilines is 1. The summed E-state index contributed by atoms with van der Waals surface area (Å²) in [6, 6.07) is 10.2. The van der Waals surface area contributed by atoms with E-state index in [1.807, 2.05) is 25.1 Å². The van der Waals surface area contributed by atoms with Gasteiger partial charge in [-0.05, 0) is 37.3 Å². The van der Waals surface area contributed by atoms with Crippen molar-refractivity contribution in [2.45, 2.75) is 6.92 Å². The number of fused-ring (bicyclic) bond motifs is 1. The highest BCUT2D eigenvalue weighted by Crippen LogP contribution is 2.32. The maximum atomic E-state index is 14.0. The summed E-state index contributed by atoms with van der Waals surface area (Å²) in [6.45, 7) is 4.83. The lowest BCUT2D eigenvalue weighted by Gasteiger charge is -2.34. The number of halogens is 2. The summed E-state index contributed by atoms with van der Waals surface area (Å²) in [5.41, 5.74) is 0.876. The van der Waals surface area contributed by atoms with Gasteiger partial charge in [0.05, 0.1) is 27.4 Å². The van der Waals surface area contributed by atoms with Gasteiger partial charge in [0.15, 0.2) is 5.13 Å². The smallest absolute Gasteiger partial charge is 0.258 e. The van der Waals surface area contributed by atoms with Gasteiger partial charge in [0.2, 0.25) is 0 Å². The SMILES string of the molecule is CCOc1ccc2nc(N3CCN(C(=O)c4c(F)cccc4Cl)CC3)sc2c1. The van der Waals surface area contributed by atoms with E-state index in [1.54, 1.807) is 16.2 Å². The van der Waals surface area contributed by atoms with Crippen molar-refractivity contribution < 1.29 is 13.9 Å². The lowest BCUT2D eigenvalue weighted by atomic mass is 10.1. The highest BCUT2D eigenvalue weighted by atomic mass is 35.5. The van der Waals surface area contributed by atoms with E-state index in [0.717, 1.165) is 21.1 Å². The maximum Gasteiger partial charge on any atom is 0.258 e. The van der Waals surface area contributed by atoms with Gasteiger partial charge in [-0.1, -0.05) is 29.0 Å². The first-order valence-corrected chi connectivity index (χ1v) is 10.3. The van der Waals surface area contributed by atoms with Gasteiger partial charge < -0.3 is 14.5 Å². The Balaban J connectivity index is 1.47. The van der Waals surface area contributed by atoms with Crippen LogP contribution in [0.4, 0.5) is 9.52 Å². The molecule has 1 saturated heterocycles. The number of thiazole rings is 1. The van der Waals surface area contributed by atoms with Gasteiger partial charge in [0.25, 0.3) is 5.91 Å². The third-order valence-corrected chi connectivity index (χ3v) is 6.07. The molecule has 1 aromatic heterocycles. The fraction of sp³-hybridized carbons (Fsp3) is 0.300. The van der Waals surface area contributed by atoms with E-state index < -0.39 is 5.82 Å². The van der Waals surface area contributed by atoms with Crippen LogP contribution in [0.15, 0.2) is 36.4 Å². The number of amides is 1. The number of hydrogen-bond donors (Lipinski definition) is 0. The zero-order valence-electron chi connectivity index (χ0n) is 15.3. The average molecular weight is 420 g/mol. The van der Waals surface area contributed by atoms with Crippen LogP contribution in [0.3, 0.4) is 0 Å². The summed E-state index contributed by atoms with van der Waals surface area (Å²) >= 11 is 7.64. The Kier molecular flexibility index (Phi) is 5.37. The summed E-state index contributed by atoms with van der Waals surface area (Å²) < 4.78 is 20.7. The molecule has 5 nitrogen and oxygen atoms in total. The van der Waals surface area contributed by atoms with Crippen LogP contribution in [-0.4, -0.2) is 48.6 Å². The molecule has 0 aliphatic carbocycles. The second-order valence-electron chi connectivity index (χ2n) is 6.43. The highest BCUT2D eigenvalue weighted by molar-refractivity contribution is 7.22. The Labute approximate surface area is 171 Å². The van der Waals surface area contributed by atoms with E-state index in [-0.39, 0.29) is 16.5 Å². The number of rotatable bonds is 4. The molecule has 1 amide bonds. The third kappa shape index (κ3) is 3.64. The molecule has 0 unspecified atom stereocenters. The minimum Gasteiger partial charge on any atom is -0.494 e. The molecule has 1 aliphatic rings. The topological polar surface area (TPSA) is 45.7 Å². The average Bonchev–Trinajstić information content (AvgIpc) is 3.11. The van der Waals surface area contributed by atoms with Crippen molar-refractivity contribution in [2.75, 3.05) is 37.7 Å². The van der Waals surface area contributed by atoms with Crippen LogP contribution < -0.4 is 9.64 Å². The Bertz CT molecular complexity index is 998. The summed E-state index contributed by atoms with van der Waals surface area (Å²) in [5.74, 6) is -0.119. The summed E-state index contributed by atoms with van der Waals surface area (Å²) in [5, 5.41) is 1.06. The second-order valence-corrected chi connectivity index (χ2v) is 7.85. The molecular formula is C20H19ClFN3O2S. The van der Waals surface area contributed by atoms with Crippen LogP contribution in [0.5, 0.6) is 5.75 Å². The molecule has 0 N–H and O–H groups in total. The van der Waals surface area contributed by atoms with Gasteiger partial charge in [0.1, 0.15) is 11.6 Å². The van der Waals surface area contributed by atoms with Gasteiger partial charge in [-0.2, -0.15) is 0 Å². The lowest BCUT2D eigenvalue weighted by Crippen LogP contribution is -2.49. The van der Waals surface area contributed by atoms with Gasteiger partial charge in [-0.15, -0.1) is 0 Å². The molecular weight excluding hydrogens is 401 g/mol. The van der Waals surface area contributed by atoms with Crippen molar-refractivity contribution in [1.82, 2.24) is 9.88 Å². The van der Waals surface area contributed by atoms with Crippen LogP contribution in [-0.2, 0) is 0 Å². The summed E-state index contributed by atoms with van der Waals surface area (Å²) in [6.07, 6.45) is 0. The predicted molar refractivity (Wildman–Crippen MR) is 110 cm³/mol. The first-order valence-electron chi connectivity index (χ1n) is 9.08. The van der Waals surface area contributed by atoms with Crippen LogP contribution in [0.1, 0.15) is 17.3 Å². The Morgan fingerprint density at radius 3 is 2.75 bits per heavy atom. The van der Waals surface area contributed by atoms with E-state index in [9.17, 15) is 9.18 Å². The van der Waals surface area contributed by atoms with Crippen LogP contribution in [0, 0.1) is 5.82 Å². The first kappa shape index (κ1) is 19.0. The second kappa shape index (κ2) is 7.93. The fourth-order valence-corrected chi connectivity index (χ4v) is 4.54. The van der Waals surface area contributed by atoms with E-state index in [0.29, 0.717) is 32.8 Å². The molecule has 1 fully saturated rings. The van der Waals surface area contributed by atoms with Gasteiger partial charge >= 0.3 is 0 Å². The number of carbonyl (C=O) groups excluding carboxylic acids is 1. The van der Waals surface area contributed by atoms with Crippen molar-refractivity contribution in [3.63, 3.8) is 0 Å². The molecule has 0 radical (unpaired) electrons. The Morgan fingerprint density at radius 2 is 2.04 bits per heavy atom. The molecule has 0 atom stereocenters. The standard InChI is InChI=1S/C20H19ClFN3O2S/c1-2-27-13-6-7-16-17(12-13)28-20(23-16)25-10-8-24(9-11-25)19(26)18-14(21)4-3-5-15(18)22/h3-7,12H,2,8-11H2,1H3. The van der Waals surface area contributed by atoms with E-state index >= 15 is 0 Å². The van der Waals surface area contributed by atoms with Crippen LogP contribution in [0.2, 0.25) is 5.02 Å². The predicted octanol–water partition coefficient (Wildman–Crippen LogP) is 4.45. The van der Waals surface area contributed by atoms with Crippen molar-refractivity contribution in [1.29, 1.82) is 0 Å². The first-order chi connectivity index (χ1) is 13.6.